The van der Waals surface area contributed by atoms with Gasteiger partial charge in [0.2, 0.25) is 0 Å². The summed E-state index contributed by atoms with van der Waals surface area (Å²) in [7, 11) is 1.21. The highest BCUT2D eigenvalue weighted by Crippen LogP contribution is 2.21. The standard InChI is InChI=1S/C15H21F3N2O2/c1-4-12(11-7-5-10(2)6-8-11)19-14(22)20(3)9-13(21)15(16,17)18/h5-8,12-13,21H,4,9H2,1-3H3,(H,19,22)/t12-,13-/m0/s1. The van der Waals surface area contributed by atoms with Gasteiger partial charge in [0.1, 0.15) is 0 Å². The van der Waals surface area contributed by atoms with Crippen LogP contribution in [0.2, 0.25) is 0 Å². The van der Waals surface area contributed by atoms with E-state index in [0.717, 1.165) is 16.0 Å². The number of halogens is 3. The molecule has 0 unspecified atom stereocenters. The van der Waals surface area contributed by atoms with Crippen molar-refractivity contribution in [2.45, 2.75) is 38.6 Å². The Morgan fingerprint density at radius 1 is 1.32 bits per heavy atom. The van der Waals surface area contributed by atoms with E-state index >= 15 is 0 Å². The van der Waals surface area contributed by atoms with E-state index in [-0.39, 0.29) is 6.04 Å². The lowest BCUT2D eigenvalue weighted by molar-refractivity contribution is -0.205. The van der Waals surface area contributed by atoms with Crippen LogP contribution in [-0.4, -0.2) is 41.9 Å². The van der Waals surface area contributed by atoms with E-state index in [2.05, 4.69) is 5.32 Å². The van der Waals surface area contributed by atoms with Crippen molar-refractivity contribution in [3.05, 3.63) is 35.4 Å². The summed E-state index contributed by atoms with van der Waals surface area (Å²) in [5, 5.41) is 11.7. The van der Waals surface area contributed by atoms with Crippen molar-refractivity contribution in [1.82, 2.24) is 10.2 Å². The quantitative estimate of drug-likeness (QED) is 0.877. The van der Waals surface area contributed by atoms with Gasteiger partial charge in [0, 0.05) is 7.05 Å². The number of carbonyl (C=O) groups excluding carboxylic acids is 1. The minimum Gasteiger partial charge on any atom is -0.382 e. The van der Waals surface area contributed by atoms with Gasteiger partial charge in [-0.2, -0.15) is 13.2 Å². The number of benzene rings is 1. The summed E-state index contributed by atoms with van der Waals surface area (Å²) in [6.07, 6.45) is -6.69. The molecule has 0 aliphatic carbocycles. The second-order valence-electron chi connectivity index (χ2n) is 5.26. The first-order valence-corrected chi connectivity index (χ1v) is 6.98. The van der Waals surface area contributed by atoms with Gasteiger partial charge in [0.05, 0.1) is 12.6 Å². The Hall–Kier alpha value is -1.76. The summed E-state index contributed by atoms with van der Waals surface area (Å²) in [6.45, 7) is 3.00. The highest BCUT2D eigenvalue weighted by atomic mass is 19.4. The first-order chi connectivity index (χ1) is 10.1. The van der Waals surface area contributed by atoms with E-state index < -0.39 is 24.9 Å². The highest BCUT2D eigenvalue weighted by molar-refractivity contribution is 5.74. The zero-order valence-electron chi connectivity index (χ0n) is 12.8. The molecular formula is C15H21F3N2O2. The van der Waals surface area contributed by atoms with Crippen molar-refractivity contribution in [3.63, 3.8) is 0 Å². The number of nitrogens with one attached hydrogen (secondary N) is 1. The predicted octanol–water partition coefficient (Wildman–Crippen LogP) is 3.01. The Morgan fingerprint density at radius 2 is 1.86 bits per heavy atom. The van der Waals surface area contributed by atoms with Gasteiger partial charge in [0.15, 0.2) is 6.10 Å². The lowest BCUT2D eigenvalue weighted by atomic mass is 10.0. The lowest BCUT2D eigenvalue weighted by Crippen LogP contribution is -2.46. The van der Waals surface area contributed by atoms with Gasteiger partial charge in [-0.15, -0.1) is 0 Å². The largest absolute Gasteiger partial charge is 0.416 e. The first-order valence-electron chi connectivity index (χ1n) is 6.98. The van der Waals surface area contributed by atoms with Crippen molar-refractivity contribution >= 4 is 6.03 Å². The molecule has 0 spiro atoms. The lowest BCUT2D eigenvalue weighted by Gasteiger charge is -2.25. The Balaban J connectivity index is 2.66. The molecule has 124 valence electrons. The summed E-state index contributed by atoms with van der Waals surface area (Å²) < 4.78 is 36.9. The van der Waals surface area contributed by atoms with Crippen LogP contribution in [0.3, 0.4) is 0 Å². The number of aryl methyl sites for hydroxylation is 1. The molecule has 0 heterocycles. The van der Waals surface area contributed by atoms with Gasteiger partial charge < -0.3 is 15.3 Å². The third-order valence-electron chi connectivity index (χ3n) is 3.36. The van der Waals surface area contributed by atoms with Gasteiger partial charge in [-0.1, -0.05) is 36.8 Å². The van der Waals surface area contributed by atoms with Crippen LogP contribution in [0, 0.1) is 6.92 Å². The molecule has 0 bridgehead atoms. The maximum absolute atomic E-state index is 12.3. The summed E-state index contributed by atoms with van der Waals surface area (Å²) in [5.74, 6) is 0. The maximum atomic E-state index is 12.3. The second-order valence-corrected chi connectivity index (χ2v) is 5.26. The molecule has 0 aliphatic rings. The molecule has 7 heteroatoms. The Labute approximate surface area is 127 Å². The molecule has 0 radical (unpaired) electrons. The highest BCUT2D eigenvalue weighted by Gasteiger charge is 2.39. The van der Waals surface area contributed by atoms with E-state index in [1.165, 1.54) is 7.05 Å². The van der Waals surface area contributed by atoms with Crippen molar-refractivity contribution < 1.29 is 23.1 Å². The number of alkyl halides is 3. The smallest absolute Gasteiger partial charge is 0.382 e. The zero-order valence-corrected chi connectivity index (χ0v) is 12.8. The summed E-state index contributed by atoms with van der Waals surface area (Å²) in [5.41, 5.74) is 1.96. The number of likely N-dealkylation sites (N-methyl/N-ethyl adjacent to an activating group) is 1. The first kappa shape index (κ1) is 18.3. The average Bonchev–Trinajstić information content (AvgIpc) is 2.44. The SMILES string of the molecule is CC[C@H](NC(=O)N(C)C[C@H](O)C(F)(F)F)c1ccc(C)cc1. The van der Waals surface area contributed by atoms with E-state index in [9.17, 15) is 18.0 Å². The molecule has 2 atom stereocenters. The number of hydrogen-bond donors (Lipinski definition) is 2. The van der Waals surface area contributed by atoms with Crippen LogP contribution in [0.5, 0.6) is 0 Å². The fourth-order valence-corrected chi connectivity index (χ4v) is 1.92. The molecule has 4 nitrogen and oxygen atoms in total. The third-order valence-corrected chi connectivity index (χ3v) is 3.36. The molecule has 1 aromatic rings. The minimum atomic E-state index is -4.74. The fraction of sp³-hybridized carbons (Fsp3) is 0.533. The monoisotopic (exact) mass is 318 g/mol. The number of urea groups is 1. The number of nitrogens with zero attached hydrogens (tertiary/aromatic N) is 1. The topological polar surface area (TPSA) is 52.6 Å². The second kappa shape index (κ2) is 7.49. The van der Waals surface area contributed by atoms with Gasteiger partial charge in [-0.25, -0.2) is 4.79 Å². The van der Waals surface area contributed by atoms with Crippen LogP contribution in [0.4, 0.5) is 18.0 Å². The van der Waals surface area contributed by atoms with Gasteiger partial charge >= 0.3 is 12.2 Å². The molecule has 1 aromatic carbocycles. The van der Waals surface area contributed by atoms with Gasteiger partial charge in [0.25, 0.3) is 0 Å². The molecule has 2 amide bonds. The Kier molecular flexibility index (Phi) is 6.22. The van der Waals surface area contributed by atoms with Crippen molar-refractivity contribution in [2.75, 3.05) is 13.6 Å². The van der Waals surface area contributed by atoms with Crippen molar-refractivity contribution in [2.24, 2.45) is 0 Å². The molecule has 0 aliphatic heterocycles. The van der Waals surface area contributed by atoms with E-state index in [4.69, 9.17) is 5.11 Å². The van der Waals surface area contributed by atoms with E-state index in [0.29, 0.717) is 6.42 Å². The molecule has 0 aromatic heterocycles. The number of aliphatic hydroxyl groups excluding tert-OH is 1. The van der Waals surface area contributed by atoms with Crippen LogP contribution in [0.25, 0.3) is 0 Å². The number of amides is 2. The normalized spacial score (nSPS) is 14.3. The molecule has 22 heavy (non-hydrogen) atoms. The molecule has 0 saturated carbocycles. The summed E-state index contributed by atoms with van der Waals surface area (Å²) >= 11 is 0. The van der Waals surface area contributed by atoms with Crippen LogP contribution in [-0.2, 0) is 0 Å². The van der Waals surface area contributed by atoms with Crippen LogP contribution in [0.1, 0.15) is 30.5 Å². The van der Waals surface area contributed by atoms with E-state index in [1.807, 2.05) is 38.1 Å². The van der Waals surface area contributed by atoms with Crippen molar-refractivity contribution in [1.29, 1.82) is 0 Å². The van der Waals surface area contributed by atoms with E-state index in [1.54, 1.807) is 0 Å². The maximum Gasteiger partial charge on any atom is 0.416 e. The molecule has 0 fully saturated rings. The molecule has 0 saturated heterocycles. The Bertz CT molecular complexity index is 489. The van der Waals surface area contributed by atoms with Gasteiger partial charge in [-0.3, -0.25) is 0 Å². The summed E-state index contributed by atoms with van der Waals surface area (Å²) in [4.78, 5) is 12.8. The third kappa shape index (κ3) is 5.22. The van der Waals surface area contributed by atoms with Crippen LogP contribution in [0.15, 0.2) is 24.3 Å². The summed E-state index contributed by atoms with van der Waals surface area (Å²) in [6, 6.07) is 6.60. The van der Waals surface area contributed by atoms with Crippen LogP contribution < -0.4 is 5.32 Å². The number of carbonyl (C=O) groups is 1. The van der Waals surface area contributed by atoms with Crippen molar-refractivity contribution in [3.8, 4) is 0 Å². The molecule has 1 rings (SSSR count). The Morgan fingerprint density at radius 3 is 2.32 bits per heavy atom. The molecule has 2 N–H and O–H groups in total. The zero-order chi connectivity index (χ0) is 16.9. The average molecular weight is 318 g/mol. The fourth-order valence-electron chi connectivity index (χ4n) is 1.92. The predicted molar refractivity (Wildman–Crippen MR) is 77.4 cm³/mol. The number of hydrogen-bond acceptors (Lipinski definition) is 2. The molecular weight excluding hydrogens is 297 g/mol. The van der Waals surface area contributed by atoms with Gasteiger partial charge in [-0.05, 0) is 18.9 Å². The minimum absolute atomic E-state index is 0.293. The van der Waals surface area contributed by atoms with Crippen LogP contribution >= 0.6 is 0 Å². The number of aliphatic hydroxyl groups is 1. The number of rotatable bonds is 5.